The molecular formula is C16H22N4OS. The summed E-state index contributed by atoms with van der Waals surface area (Å²) in [5, 5.41) is 6.34. The maximum atomic E-state index is 12.7. The normalized spacial score (nSPS) is 17.6. The van der Waals surface area contributed by atoms with Gasteiger partial charge in [-0.15, -0.1) is 11.3 Å². The van der Waals surface area contributed by atoms with Gasteiger partial charge in [0.15, 0.2) is 0 Å². The topological polar surface area (TPSA) is 41.4 Å². The van der Waals surface area contributed by atoms with E-state index in [0.717, 1.165) is 39.1 Å². The van der Waals surface area contributed by atoms with Crippen LogP contribution >= 0.6 is 11.3 Å². The lowest BCUT2D eigenvalue weighted by Crippen LogP contribution is -2.50. The second-order valence-electron chi connectivity index (χ2n) is 5.59. The molecule has 1 atom stereocenters. The Morgan fingerprint density at radius 3 is 2.73 bits per heavy atom. The van der Waals surface area contributed by atoms with Crippen molar-refractivity contribution in [2.24, 2.45) is 0 Å². The monoisotopic (exact) mass is 318 g/mol. The van der Waals surface area contributed by atoms with E-state index in [0.29, 0.717) is 0 Å². The fraction of sp³-hybridized carbons (Fsp3) is 0.500. The number of aromatic nitrogens is 2. The molecule has 1 aliphatic heterocycles. The quantitative estimate of drug-likeness (QED) is 0.849. The predicted molar refractivity (Wildman–Crippen MR) is 87.7 cm³/mol. The lowest BCUT2D eigenvalue weighted by molar-refractivity contribution is -0.137. The van der Waals surface area contributed by atoms with Gasteiger partial charge in [-0.3, -0.25) is 14.4 Å². The molecule has 2 aromatic rings. The van der Waals surface area contributed by atoms with E-state index in [1.54, 1.807) is 22.2 Å². The molecule has 0 unspecified atom stereocenters. The highest BCUT2D eigenvalue weighted by atomic mass is 32.1. The van der Waals surface area contributed by atoms with Crippen LogP contribution in [0.3, 0.4) is 0 Å². The first-order valence-electron chi connectivity index (χ1n) is 7.80. The number of rotatable bonds is 5. The summed E-state index contributed by atoms with van der Waals surface area (Å²) in [5.74, 6) is 0.196. The number of nitrogens with zero attached hydrogens (tertiary/aromatic N) is 4. The summed E-state index contributed by atoms with van der Waals surface area (Å²) in [7, 11) is 0. The van der Waals surface area contributed by atoms with Crippen molar-refractivity contribution < 1.29 is 4.79 Å². The Bertz CT molecular complexity index is 573. The molecule has 1 aliphatic rings. The van der Waals surface area contributed by atoms with Crippen molar-refractivity contribution in [2.45, 2.75) is 25.9 Å². The molecular weight excluding hydrogens is 296 g/mol. The molecule has 5 nitrogen and oxygen atoms in total. The van der Waals surface area contributed by atoms with Crippen LogP contribution in [0.4, 0.5) is 0 Å². The van der Waals surface area contributed by atoms with Crippen LogP contribution in [0, 0.1) is 0 Å². The molecule has 6 heteroatoms. The summed E-state index contributed by atoms with van der Waals surface area (Å²) in [6.45, 7) is 6.54. The van der Waals surface area contributed by atoms with Crippen molar-refractivity contribution >= 4 is 17.2 Å². The first-order chi connectivity index (χ1) is 10.8. The van der Waals surface area contributed by atoms with Crippen LogP contribution in [0.2, 0.25) is 0 Å². The first kappa shape index (κ1) is 15.2. The van der Waals surface area contributed by atoms with E-state index in [9.17, 15) is 4.79 Å². The number of thiophene rings is 1. The predicted octanol–water partition coefficient (Wildman–Crippen LogP) is 2.24. The van der Waals surface area contributed by atoms with Gasteiger partial charge in [-0.1, -0.05) is 13.0 Å². The molecule has 22 heavy (non-hydrogen) atoms. The molecule has 1 amide bonds. The third-order valence-corrected chi connectivity index (χ3v) is 5.02. The van der Waals surface area contributed by atoms with Crippen molar-refractivity contribution in [3.8, 4) is 0 Å². The van der Waals surface area contributed by atoms with Crippen molar-refractivity contribution in [3.63, 3.8) is 0 Å². The molecule has 0 aromatic carbocycles. The maximum absolute atomic E-state index is 12.7. The number of carbonyl (C=O) groups is 1. The fourth-order valence-electron chi connectivity index (χ4n) is 2.90. The zero-order valence-electron chi connectivity index (χ0n) is 12.9. The maximum Gasteiger partial charge on any atom is 0.247 e. The number of amides is 1. The van der Waals surface area contributed by atoms with Gasteiger partial charge in [0.2, 0.25) is 5.91 Å². The highest BCUT2D eigenvalue weighted by Crippen LogP contribution is 2.17. The minimum Gasteiger partial charge on any atom is -0.338 e. The van der Waals surface area contributed by atoms with E-state index in [4.69, 9.17) is 0 Å². The summed E-state index contributed by atoms with van der Waals surface area (Å²) in [4.78, 5) is 18.5. The summed E-state index contributed by atoms with van der Waals surface area (Å²) < 4.78 is 1.78. The summed E-state index contributed by atoms with van der Waals surface area (Å²) in [6, 6.07) is 5.97. The largest absolute Gasteiger partial charge is 0.338 e. The smallest absolute Gasteiger partial charge is 0.247 e. The molecule has 1 saturated heterocycles. The fourth-order valence-corrected chi connectivity index (χ4v) is 3.65. The molecule has 2 aromatic heterocycles. The molecule has 0 radical (unpaired) electrons. The number of piperazine rings is 1. The van der Waals surface area contributed by atoms with Crippen LogP contribution in [0.15, 0.2) is 36.0 Å². The van der Waals surface area contributed by atoms with Gasteiger partial charge in [0, 0.05) is 50.0 Å². The summed E-state index contributed by atoms with van der Waals surface area (Å²) in [5.41, 5.74) is 0. The van der Waals surface area contributed by atoms with Crippen LogP contribution in [-0.2, 0) is 11.3 Å². The average Bonchev–Trinajstić information content (AvgIpc) is 3.22. The first-order valence-corrected chi connectivity index (χ1v) is 8.68. The molecule has 0 N–H and O–H groups in total. The molecule has 3 heterocycles. The number of hydrogen-bond donors (Lipinski definition) is 0. The lowest BCUT2D eigenvalue weighted by Gasteiger charge is -2.36. The standard InChI is InChI=1S/C16H22N4OS/c1-2-15(20-7-4-6-17-20)16(21)19-10-8-18(9-11-19)13-14-5-3-12-22-14/h3-7,12,15H,2,8-11,13H2,1H3/t15-/m0/s1. The van der Waals surface area contributed by atoms with Crippen LogP contribution < -0.4 is 0 Å². The SMILES string of the molecule is CC[C@@H](C(=O)N1CCN(Cc2cccs2)CC1)n1cccn1. The van der Waals surface area contributed by atoms with Crippen LogP contribution in [0.5, 0.6) is 0 Å². The molecule has 0 bridgehead atoms. The zero-order valence-corrected chi connectivity index (χ0v) is 13.7. The van der Waals surface area contributed by atoms with Crippen molar-refractivity contribution in [1.29, 1.82) is 0 Å². The summed E-state index contributed by atoms with van der Waals surface area (Å²) >= 11 is 1.80. The second kappa shape index (κ2) is 7.07. The highest BCUT2D eigenvalue weighted by Gasteiger charge is 2.27. The van der Waals surface area contributed by atoms with Gasteiger partial charge in [-0.25, -0.2) is 0 Å². The number of hydrogen-bond acceptors (Lipinski definition) is 4. The minimum atomic E-state index is -0.168. The van der Waals surface area contributed by atoms with E-state index in [1.165, 1.54) is 4.88 Å². The zero-order chi connectivity index (χ0) is 15.4. The van der Waals surface area contributed by atoms with Crippen LogP contribution in [0.25, 0.3) is 0 Å². The van der Waals surface area contributed by atoms with E-state index in [1.807, 2.05) is 24.1 Å². The Labute approximate surface area is 135 Å². The van der Waals surface area contributed by atoms with Crippen molar-refractivity contribution in [1.82, 2.24) is 19.6 Å². The van der Waals surface area contributed by atoms with Crippen LogP contribution in [0.1, 0.15) is 24.3 Å². The van der Waals surface area contributed by atoms with Gasteiger partial charge in [-0.05, 0) is 23.9 Å². The van der Waals surface area contributed by atoms with E-state index >= 15 is 0 Å². The van der Waals surface area contributed by atoms with E-state index in [2.05, 4.69) is 27.5 Å². The Morgan fingerprint density at radius 1 is 1.32 bits per heavy atom. The molecule has 118 valence electrons. The highest BCUT2D eigenvalue weighted by molar-refractivity contribution is 7.09. The molecule has 0 spiro atoms. The van der Waals surface area contributed by atoms with Gasteiger partial charge in [-0.2, -0.15) is 5.10 Å². The summed E-state index contributed by atoms with van der Waals surface area (Å²) in [6.07, 6.45) is 4.38. The Morgan fingerprint density at radius 2 is 2.14 bits per heavy atom. The molecule has 0 aliphatic carbocycles. The Balaban J connectivity index is 1.55. The van der Waals surface area contributed by atoms with Crippen molar-refractivity contribution in [2.75, 3.05) is 26.2 Å². The minimum absolute atomic E-state index is 0.168. The third-order valence-electron chi connectivity index (χ3n) is 4.16. The van der Waals surface area contributed by atoms with Gasteiger partial charge in [0.05, 0.1) is 0 Å². The van der Waals surface area contributed by atoms with Crippen LogP contribution in [-0.4, -0.2) is 51.7 Å². The molecule has 3 rings (SSSR count). The van der Waals surface area contributed by atoms with Gasteiger partial charge in [0.1, 0.15) is 6.04 Å². The van der Waals surface area contributed by atoms with E-state index in [-0.39, 0.29) is 11.9 Å². The number of carbonyl (C=O) groups excluding carboxylic acids is 1. The molecule has 1 fully saturated rings. The van der Waals surface area contributed by atoms with E-state index < -0.39 is 0 Å². The second-order valence-corrected chi connectivity index (χ2v) is 6.62. The third kappa shape index (κ3) is 3.39. The average molecular weight is 318 g/mol. The van der Waals surface area contributed by atoms with Gasteiger partial charge < -0.3 is 4.90 Å². The Hall–Kier alpha value is -1.66. The molecule has 0 saturated carbocycles. The Kier molecular flexibility index (Phi) is 4.90. The lowest BCUT2D eigenvalue weighted by atomic mass is 10.1. The van der Waals surface area contributed by atoms with Crippen molar-refractivity contribution in [3.05, 3.63) is 40.8 Å². The van der Waals surface area contributed by atoms with Gasteiger partial charge in [0.25, 0.3) is 0 Å². The van der Waals surface area contributed by atoms with Gasteiger partial charge >= 0.3 is 0 Å².